The lowest BCUT2D eigenvalue weighted by molar-refractivity contribution is -0.139. The van der Waals surface area contributed by atoms with Crippen LogP contribution in [-0.2, 0) is 20.9 Å². The van der Waals surface area contributed by atoms with Crippen LogP contribution in [0.1, 0.15) is 28.8 Å². The van der Waals surface area contributed by atoms with Gasteiger partial charge < -0.3 is 29.2 Å². The summed E-state index contributed by atoms with van der Waals surface area (Å²) < 4.78 is 21.9. The number of fused-ring (bicyclic) bond motifs is 2. The molecule has 0 radical (unpaired) electrons. The molecule has 0 aromatic heterocycles. The van der Waals surface area contributed by atoms with Crippen molar-refractivity contribution in [3.05, 3.63) is 65.4 Å². The Labute approximate surface area is 186 Å². The van der Waals surface area contributed by atoms with E-state index in [-0.39, 0.29) is 24.3 Å². The zero-order valence-electron chi connectivity index (χ0n) is 18.3. The van der Waals surface area contributed by atoms with E-state index in [1.807, 2.05) is 30.3 Å². The number of nitrogens with one attached hydrogen (secondary N) is 1. The molecule has 168 valence electrons. The Kier molecular flexibility index (Phi) is 6.32. The van der Waals surface area contributed by atoms with Crippen molar-refractivity contribution in [2.45, 2.75) is 31.7 Å². The van der Waals surface area contributed by atoms with E-state index < -0.39 is 6.23 Å². The molecule has 32 heavy (non-hydrogen) atoms. The average Bonchev–Trinajstić information content (AvgIpc) is 3.20. The highest BCUT2D eigenvalue weighted by Gasteiger charge is 2.40. The third-order valence-corrected chi connectivity index (χ3v) is 5.66. The van der Waals surface area contributed by atoms with Crippen molar-refractivity contribution >= 4 is 17.6 Å². The van der Waals surface area contributed by atoms with Crippen molar-refractivity contribution < 1.29 is 28.5 Å². The van der Waals surface area contributed by atoms with Gasteiger partial charge in [0.25, 0.3) is 5.91 Å². The van der Waals surface area contributed by atoms with Gasteiger partial charge in [-0.2, -0.15) is 0 Å². The van der Waals surface area contributed by atoms with Crippen LogP contribution in [-0.4, -0.2) is 50.4 Å². The third kappa shape index (κ3) is 4.27. The number of benzene rings is 2. The second-order valence-electron chi connectivity index (χ2n) is 7.65. The van der Waals surface area contributed by atoms with E-state index in [4.69, 9.17) is 18.9 Å². The van der Waals surface area contributed by atoms with Crippen molar-refractivity contribution in [3.8, 4) is 11.5 Å². The number of ether oxygens (including phenoxy) is 4. The van der Waals surface area contributed by atoms with Crippen LogP contribution in [0.5, 0.6) is 11.5 Å². The minimum atomic E-state index is -0.470. The highest BCUT2D eigenvalue weighted by molar-refractivity contribution is 6.02. The smallest absolute Gasteiger partial charge is 0.309 e. The van der Waals surface area contributed by atoms with E-state index in [0.29, 0.717) is 35.8 Å². The van der Waals surface area contributed by atoms with Crippen molar-refractivity contribution in [2.75, 3.05) is 26.6 Å². The van der Waals surface area contributed by atoms with Gasteiger partial charge in [-0.05, 0) is 23.6 Å². The molecule has 0 fully saturated rings. The molecule has 0 unspecified atom stereocenters. The lowest BCUT2D eigenvalue weighted by Crippen LogP contribution is -2.43. The van der Waals surface area contributed by atoms with Gasteiger partial charge in [0.05, 0.1) is 37.9 Å². The Hall–Kier alpha value is -3.52. The first kappa shape index (κ1) is 21.7. The van der Waals surface area contributed by atoms with E-state index in [9.17, 15) is 9.59 Å². The summed E-state index contributed by atoms with van der Waals surface area (Å²) in [5.74, 6) is 0.435. The summed E-state index contributed by atoms with van der Waals surface area (Å²) in [4.78, 5) is 26.7. The molecule has 4 rings (SSSR count). The molecular formula is C24H26N2O6. The predicted molar refractivity (Wildman–Crippen MR) is 117 cm³/mol. The molecule has 2 aliphatic rings. The maximum absolute atomic E-state index is 13.4. The first-order valence-corrected chi connectivity index (χ1v) is 10.3. The number of esters is 1. The summed E-state index contributed by atoms with van der Waals surface area (Å²) in [6, 6.07) is 13.0. The molecular weight excluding hydrogens is 412 g/mol. The first-order chi connectivity index (χ1) is 15.5. The van der Waals surface area contributed by atoms with Gasteiger partial charge >= 0.3 is 5.97 Å². The molecule has 2 aromatic carbocycles. The quantitative estimate of drug-likeness (QED) is 0.664. The van der Waals surface area contributed by atoms with Crippen LogP contribution in [0.15, 0.2) is 54.2 Å². The topological polar surface area (TPSA) is 86.3 Å². The average molecular weight is 438 g/mol. The summed E-state index contributed by atoms with van der Waals surface area (Å²) in [5.41, 5.74) is 2.88. The van der Waals surface area contributed by atoms with E-state index in [1.165, 1.54) is 14.2 Å². The molecule has 0 saturated heterocycles. The molecule has 2 heterocycles. The Morgan fingerprint density at radius 1 is 1.12 bits per heavy atom. The molecule has 0 spiro atoms. The van der Waals surface area contributed by atoms with Gasteiger partial charge in [0.2, 0.25) is 0 Å². The zero-order valence-corrected chi connectivity index (χ0v) is 18.3. The van der Waals surface area contributed by atoms with Crippen molar-refractivity contribution in [1.29, 1.82) is 0 Å². The highest BCUT2D eigenvalue weighted by Crippen LogP contribution is 2.40. The number of hydrogen-bond donors (Lipinski definition) is 1. The molecule has 1 amide bonds. The number of rotatable bonds is 7. The van der Waals surface area contributed by atoms with Crippen LogP contribution in [0.2, 0.25) is 0 Å². The second kappa shape index (κ2) is 9.32. The monoisotopic (exact) mass is 438 g/mol. The molecule has 0 saturated carbocycles. The Morgan fingerprint density at radius 3 is 2.59 bits per heavy atom. The molecule has 1 N–H and O–H groups in total. The maximum Gasteiger partial charge on any atom is 0.309 e. The fraction of sp³-hybridized carbons (Fsp3) is 0.333. The van der Waals surface area contributed by atoms with Crippen LogP contribution in [0, 0.1) is 0 Å². The summed E-state index contributed by atoms with van der Waals surface area (Å²) >= 11 is 0. The van der Waals surface area contributed by atoms with E-state index in [0.717, 1.165) is 11.1 Å². The van der Waals surface area contributed by atoms with Crippen LogP contribution in [0.4, 0.5) is 5.69 Å². The molecule has 0 aliphatic carbocycles. The minimum absolute atomic E-state index is 0.135. The van der Waals surface area contributed by atoms with Gasteiger partial charge in [0.15, 0.2) is 11.5 Å². The number of carbonyl (C=O) groups is 2. The largest absolute Gasteiger partial charge is 0.493 e. The van der Waals surface area contributed by atoms with Crippen LogP contribution >= 0.6 is 0 Å². The SMILES string of the molecule is COC(=O)CC1=CN2C(=O)c3cc(OC)c(OCc4ccccc4)cc3N[C@H](OC)[C@@H]2C1. The number of hydrogen-bond acceptors (Lipinski definition) is 7. The lowest BCUT2D eigenvalue weighted by Gasteiger charge is -2.27. The Bertz CT molecular complexity index is 1040. The molecule has 8 heteroatoms. The summed E-state index contributed by atoms with van der Waals surface area (Å²) in [6.07, 6.45) is 1.89. The number of nitrogens with zero attached hydrogens (tertiary/aromatic N) is 1. The summed E-state index contributed by atoms with van der Waals surface area (Å²) in [5, 5.41) is 3.32. The second-order valence-corrected chi connectivity index (χ2v) is 7.65. The number of carbonyl (C=O) groups excluding carboxylic acids is 2. The number of anilines is 1. The first-order valence-electron chi connectivity index (χ1n) is 10.3. The Morgan fingerprint density at radius 2 is 1.91 bits per heavy atom. The van der Waals surface area contributed by atoms with Gasteiger partial charge in [0, 0.05) is 19.4 Å². The van der Waals surface area contributed by atoms with Crippen molar-refractivity contribution in [3.63, 3.8) is 0 Å². The van der Waals surface area contributed by atoms with Gasteiger partial charge in [-0.1, -0.05) is 30.3 Å². The Balaban J connectivity index is 1.65. The number of methoxy groups -OCH3 is 3. The van der Waals surface area contributed by atoms with E-state index >= 15 is 0 Å². The molecule has 0 bridgehead atoms. The van der Waals surface area contributed by atoms with E-state index in [1.54, 1.807) is 30.3 Å². The summed E-state index contributed by atoms with van der Waals surface area (Å²) in [6.45, 7) is 0.367. The fourth-order valence-electron chi connectivity index (χ4n) is 4.02. The van der Waals surface area contributed by atoms with Gasteiger partial charge in [-0.15, -0.1) is 0 Å². The fourth-order valence-corrected chi connectivity index (χ4v) is 4.02. The van der Waals surface area contributed by atoms with Gasteiger partial charge in [-0.3, -0.25) is 9.59 Å². The van der Waals surface area contributed by atoms with E-state index in [2.05, 4.69) is 5.32 Å². The van der Waals surface area contributed by atoms with Crippen molar-refractivity contribution in [1.82, 2.24) is 4.90 Å². The van der Waals surface area contributed by atoms with Gasteiger partial charge in [-0.25, -0.2) is 0 Å². The predicted octanol–water partition coefficient (Wildman–Crippen LogP) is 3.33. The lowest BCUT2D eigenvalue weighted by atomic mass is 10.1. The van der Waals surface area contributed by atoms with Crippen molar-refractivity contribution in [2.24, 2.45) is 0 Å². The van der Waals surface area contributed by atoms with Crippen LogP contribution in [0.25, 0.3) is 0 Å². The molecule has 8 nitrogen and oxygen atoms in total. The van der Waals surface area contributed by atoms with Crippen LogP contribution < -0.4 is 14.8 Å². The highest BCUT2D eigenvalue weighted by atomic mass is 16.5. The van der Waals surface area contributed by atoms with Gasteiger partial charge in [0.1, 0.15) is 12.8 Å². The van der Waals surface area contributed by atoms with Crippen LogP contribution in [0.3, 0.4) is 0 Å². The third-order valence-electron chi connectivity index (χ3n) is 5.66. The molecule has 2 atom stereocenters. The molecule has 2 aliphatic heterocycles. The normalized spacial score (nSPS) is 19.3. The number of amides is 1. The maximum atomic E-state index is 13.4. The minimum Gasteiger partial charge on any atom is -0.493 e. The zero-order chi connectivity index (χ0) is 22.7. The summed E-state index contributed by atoms with van der Waals surface area (Å²) in [7, 11) is 4.47. The molecule has 2 aromatic rings. The standard InChI is InChI=1S/C24H26N2O6/c1-29-20-11-17-18(12-21(20)32-14-15-7-5-4-6-8-15)25-23(31-3)19-9-16(10-22(27)30-2)13-26(19)24(17)28/h4-8,11-13,19,23,25H,9-10,14H2,1-3H3/t19-,23+/m0/s1.